The van der Waals surface area contributed by atoms with Crippen LogP contribution in [0, 0.1) is 0 Å². The van der Waals surface area contributed by atoms with Gasteiger partial charge in [-0.15, -0.1) is 0 Å². The van der Waals surface area contributed by atoms with Crippen molar-refractivity contribution in [3.05, 3.63) is 94.5 Å². The molecule has 1 atom stereocenters. The first-order chi connectivity index (χ1) is 14.6. The van der Waals surface area contributed by atoms with Crippen molar-refractivity contribution in [2.45, 2.75) is 38.8 Å². The first kappa shape index (κ1) is 22.2. The van der Waals surface area contributed by atoms with Gasteiger partial charge in [0.2, 0.25) is 0 Å². The zero-order valence-electron chi connectivity index (χ0n) is 17.9. The fraction of sp³-hybridized carbons (Fsp3) is 0.308. The van der Waals surface area contributed by atoms with Crippen LogP contribution in [-0.4, -0.2) is 19.8 Å². The third-order valence-electron chi connectivity index (χ3n) is 5.02. The molecular weight excluding hydrogens is 394 g/mol. The summed E-state index contributed by atoms with van der Waals surface area (Å²) in [4.78, 5) is 0. The van der Waals surface area contributed by atoms with E-state index in [4.69, 9.17) is 21.1 Å². The maximum Gasteiger partial charge on any atom is 0.122 e. The standard InChI is InChI=1S/C26H30ClNO2/c1-19(2)30-23-14-10-21(11-15-23)24(25-6-4-5-7-26(25)29-3)16-17-28-18-20-8-12-22(27)13-9-20/h4-15,19,24,28H,16-18H2,1-3H3. The van der Waals surface area contributed by atoms with Crippen molar-refractivity contribution in [3.8, 4) is 11.5 Å². The molecule has 4 heteroatoms. The molecule has 3 rings (SSSR count). The Morgan fingerprint density at radius 1 is 0.900 bits per heavy atom. The maximum absolute atomic E-state index is 5.98. The van der Waals surface area contributed by atoms with Gasteiger partial charge in [0.05, 0.1) is 13.2 Å². The van der Waals surface area contributed by atoms with Crippen molar-refractivity contribution in [1.29, 1.82) is 0 Å². The molecule has 1 unspecified atom stereocenters. The van der Waals surface area contributed by atoms with Gasteiger partial charge in [-0.05, 0) is 68.3 Å². The van der Waals surface area contributed by atoms with Crippen molar-refractivity contribution in [3.63, 3.8) is 0 Å². The van der Waals surface area contributed by atoms with Crippen LogP contribution in [0.15, 0.2) is 72.8 Å². The van der Waals surface area contributed by atoms with E-state index in [9.17, 15) is 0 Å². The molecule has 0 aliphatic rings. The second kappa shape index (κ2) is 11.1. The third kappa shape index (κ3) is 6.25. The van der Waals surface area contributed by atoms with E-state index in [1.807, 2.05) is 38.1 Å². The van der Waals surface area contributed by atoms with E-state index in [2.05, 4.69) is 53.8 Å². The number of halogens is 1. The summed E-state index contributed by atoms with van der Waals surface area (Å²) in [6.45, 7) is 5.78. The Morgan fingerprint density at radius 3 is 2.27 bits per heavy atom. The quantitative estimate of drug-likeness (QED) is 0.380. The molecular formula is C26H30ClNO2. The summed E-state index contributed by atoms with van der Waals surface area (Å²) in [7, 11) is 1.73. The highest BCUT2D eigenvalue weighted by Gasteiger charge is 2.18. The molecule has 0 spiro atoms. The van der Waals surface area contributed by atoms with Crippen LogP contribution in [0.25, 0.3) is 0 Å². The molecule has 0 fully saturated rings. The number of para-hydroxylation sites is 1. The maximum atomic E-state index is 5.98. The molecule has 0 amide bonds. The molecule has 0 aliphatic heterocycles. The lowest BCUT2D eigenvalue weighted by Gasteiger charge is -2.21. The van der Waals surface area contributed by atoms with Gasteiger partial charge in [0.15, 0.2) is 0 Å². The minimum absolute atomic E-state index is 0.165. The molecule has 3 nitrogen and oxygen atoms in total. The summed E-state index contributed by atoms with van der Waals surface area (Å²) in [6.07, 6.45) is 1.12. The number of methoxy groups -OCH3 is 1. The number of hydrogen-bond acceptors (Lipinski definition) is 3. The van der Waals surface area contributed by atoms with Crippen LogP contribution in [0.2, 0.25) is 5.02 Å². The van der Waals surface area contributed by atoms with Gasteiger partial charge in [-0.1, -0.05) is 54.1 Å². The van der Waals surface area contributed by atoms with Crippen LogP contribution in [0.5, 0.6) is 11.5 Å². The molecule has 0 saturated heterocycles. The molecule has 3 aromatic rings. The van der Waals surface area contributed by atoms with Gasteiger partial charge in [0.1, 0.15) is 11.5 Å². The average Bonchev–Trinajstić information content (AvgIpc) is 2.75. The zero-order valence-corrected chi connectivity index (χ0v) is 18.7. The molecule has 0 heterocycles. The van der Waals surface area contributed by atoms with Gasteiger partial charge in [-0.2, -0.15) is 0 Å². The number of hydrogen-bond donors (Lipinski definition) is 1. The summed E-state index contributed by atoms with van der Waals surface area (Å²) in [5.41, 5.74) is 3.68. The van der Waals surface area contributed by atoms with Gasteiger partial charge >= 0.3 is 0 Å². The molecule has 30 heavy (non-hydrogen) atoms. The fourth-order valence-corrected chi connectivity index (χ4v) is 3.71. The Morgan fingerprint density at radius 2 is 1.60 bits per heavy atom. The molecule has 0 aliphatic carbocycles. The van der Waals surface area contributed by atoms with Crippen LogP contribution < -0.4 is 14.8 Å². The minimum Gasteiger partial charge on any atom is -0.496 e. The molecule has 1 N–H and O–H groups in total. The first-order valence-electron chi connectivity index (χ1n) is 10.4. The number of rotatable bonds is 10. The number of ether oxygens (including phenoxy) is 2. The number of benzene rings is 3. The lowest BCUT2D eigenvalue weighted by molar-refractivity contribution is 0.242. The summed E-state index contributed by atoms with van der Waals surface area (Å²) in [5.74, 6) is 2.04. The van der Waals surface area contributed by atoms with Crippen LogP contribution >= 0.6 is 11.6 Å². The SMILES string of the molecule is COc1ccccc1C(CCNCc1ccc(Cl)cc1)c1ccc(OC(C)C)cc1. The van der Waals surface area contributed by atoms with E-state index in [1.165, 1.54) is 16.7 Å². The van der Waals surface area contributed by atoms with E-state index < -0.39 is 0 Å². The van der Waals surface area contributed by atoms with Gasteiger partial charge in [0, 0.05) is 23.0 Å². The lowest BCUT2D eigenvalue weighted by atomic mass is 9.88. The minimum atomic E-state index is 0.165. The summed E-state index contributed by atoms with van der Waals surface area (Å²) < 4.78 is 11.5. The van der Waals surface area contributed by atoms with Crippen molar-refractivity contribution in [1.82, 2.24) is 5.32 Å². The highest BCUT2D eigenvalue weighted by molar-refractivity contribution is 6.30. The molecule has 0 radical (unpaired) electrons. The Labute approximate surface area is 185 Å². The second-order valence-corrected chi connectivity index (χ2v) is 8.06. The largest absolute Gasteiger partial charge is 0.496 e. The van der Waals surface area contributed by atoms with E-state index in [0.717, 1.165) is 36.0 Å². The van der Waals surface area contributed by atoms with Crippen molar-refractivity contribution in [2.24, 2.45) is 0 Å². The van der Waals surface area contributed by atoms with Gasteiger partial charge < -0.3 is 14.8 Å². The van der Waals surface area contributed by atoms with E-state index in [-0.39, 0.29) is 12.0 Å². The summed E-state index contributed by atoms with van der Waals surface area (Å²) in [6, 6.07) is 24.7. The lowest BCUT2D eigenvalue weighted by Crippen LogP contribution is -2.18. The summed E-state index contributed by atoms with van der Waals surface area (Å²) in [5, 5.41) is 4.32. The van der Waals surface area contributed by atoms with Crippen molar-refractivity contribution < 1.29 is 9.47 Å². The average molecular weight is 424 g/mol. The third-order valence-corrected chi connectivity index (χ3v) is 5.27. The van der Waals surface area contributed by atoms with Crippen LogP contribution in [-0.2, 0) is 6.54 Å². The van der Waals surface area contributed by atoms with Crippen molar-refractivity contribution >= 4 is 11.6 Å². The monoisotopic (exact) mass is 423 g/mol. The highest BCUT2D eigenvalue weighted by atomic mass is 35.5. The van der Waals surface area contributed by atoms with Crippen LogP contribution in [0.1, 0.15) is 42.9 Å². The smallest absolute Gasteiger partial charge is 0.122 e. The zero-order chi connectivity index (χ0) is 21.3. The highest BCUT2D eigenvalue weighted by Crippen LogP contribution is 2.35. The predicted octanol–water partition coefficient (Wildman–Crippen LogP) is 6.45. The number of nitrogens with one attached hydrogen (secondary N) is 1. The fourth-order valence-electron chi connectivity index (χ4n) is 3.59. The van der Waals surface area contributed by atoms with Gasteiger partial charge in [0.25, 0.3) is 0 Å². The molecule has 158 valence electrons. The molecule has 0 aromatic heterocycles. The topological polar surface area (TPSA) is 30.5 Å². The van der Waals surface area contributed by atoms with E-state index in [1.54, 1.807) is 7.11 Å². The second-order valence-electron chi connectivity index (χ2n) is 7.62. The molecule has 0 bridgehead atoms. The Kier molecular flexibility index (Phi) is 8.18. The van der Waals surface area contributed by atoms with Crippen LogP contribution in [0.4, 0.5) is 0 Å². The Balaban J connectivity index is 1.73. The molecule has 0 saturated carbocycles. The first-order valence-corrected chi connectivity index (χ1v) is 10.8. The normalized spacial score (nSPS) is 12.0. The molecule has 3 aromatic carbocycles. The van der Waals surface area contributed by atoms with E-state index >= 15 is 0 Å². The summed E-state index contributed by atoms with van der Waals surface area (Å²) >= 11 is 5.98. The Bertz CT molecular complexity index is 907. The Hall–Kier alpha value is -2.49. The predicted molar refractivity (Wildman–Crippen MR) is 125 cm³/mol. The van der Waals surface area contributed by atoms with Crippen molar-refractivity contribution in [2.75, 3.05) is 13.7 Å². The van der Waals surface area contributed by atoms with Gasteiger partial charge in [-0.3, -0.25) is 0 Å². The van der Waals surface area contributed by atoms with Gasteiger partial charge in [-0.25, -0.2) is 0 Å². The van der Waals surface area contributed by atoms with Crippen LogP contribution in [0.3, 0.4) is 0 Å². The van der Waals surface area contributed by atoms with E-state index in [0.29, 0.717) is 0 Å².